The summed E-state index contributed by atoms with van der Waals surface area (Å²) in [6.45, 7) is 0.726. The van der Waals surface area contributed by atoms with Gasteiger partial charge in [0.1, 0.15) is 5.82 Å². The number of nitrogens with zero attached hydrogens (tertiary/aromatic N) is 1. The second-order valence-corrected chi connectivity index (χ2v) is 8.98. The molecule has 3 rings (SSSR count). The highest BCUT2D eigenvalue weighted by molar-refractivity contribution is 7.89. The molecular weight excluding hydrogens is 411 g/mol. The molecule has 1 N–H and O–H groups in total. The van der Waals surface area contributed by atoms with Crippen molar-refractivity contribution < 1.29 is 27.1 Å². The molecular formula is C21H25FN2O5S. The molecule has 0 radical (unpaired) electrons. The molecule has 162 valence electrons. The molecule has 1 aliphatic heterocycles. The van der Waals surface area contributed by atoms with Crippen LogP contribution in [0.2, 0.25) is 0 Å². The van der Waals surface area contributed by atoms with Gasteiger partial charge in [0.2, 0.25) is 15.9 Å². The van der Waals surface area contributed by atoms with Crippen molar-refractivity contribution in [1.82, 2.24) is 9.62 Å². The minimum absolute atomic E-state index is 0.120. The van der Waals surface area contributed by atoms with Gasteiger partial charge in [-0.3, -0.25) is 4.79 Å². The summed E-state index contributed by atoms with van der Waals surface area (Å²) in [5, 5.41) is 2.80. The molecule has 0 aromatic heterocycles. The van der Waals surface area contributed by atoms with Gasteiger partial charge in [-0.15, -0.1) is 0 Å². The van der Waals surface area contributed by atoms with Gasteiger partial charge < -0.3 is 14.8 Å². The number of piperidine rings is 1. The largest absolute Gasteiger partial charge is 0.493 e. The van der Waals surface area contributed by atoms with E-state index < -0.39 is 10.0 Å². The fourth-order valence-electron chi connectivity index (χ4n) is 3.46. The smallest absolute Gasteiger partial charge is 0.243 e. The van der Waals surface area contributed by atoms with E-state index in [0.29, 0.717) is 29.9 Å². The van der Waals surface area contributed by atoms with E-state index in [1.807, 2.05) is 0 Å². The van der Waals surface area contributed by atoms with Crippen LogP contribution in [0.5, 0.6) is 11.5 Å². The molecule has 1 amide bonds. The molecule has 0 unspecified atom stereocenters. The standard InChI is InChI=1S/C21H25FN2O5S/c1-28-19-7-6-18(13-20(19)29-2)30(26,27)24-10-8-16(9-11-24)21(25)23-14-15-4-3-5-17(22)12-15/h3-7,12-13,16H,8-11,14H2,1-2H3,(H,23,25). The fourth-order valence-corrected chi connectivity index (χ4v) is 4.95. The van der Waals surface area contributed by atoms with E-state index in [-0.39, 0.29) is 42.2 Å². The van der Waals surface area contributed by atoms with Crippen molar-refractivity contribution in [2.24, 2.45) is 5.92 Å². The molecule has 0 atom stereocenters. The second-order valence-electron chi connectivity index (χ2n) is 7.04. The minimum atomic E-state index is -3.70. The number of methoxy groups -OCH3 is 2. The van der Waals surface area contributed by atoms with Crippen molar-refractivity contribution >= 4 is 15.9 Å². The van der Waals surface area contributed by atoms with Crippen LogP contribution in [0.1, 0.15) is 18.4 Å². The summed E-state index contributed by atoms with van der Waals surface area (Å²) in [4.78, 5) is 12.6. The molecule has 30 heavy (non-hydrogen) atoms. The van der Waals surface area contributed by atoms with E-state index in [9.17, 15) is 17.6 Å². The van der Waals surface area contributed by atoms with E-state index in [1.165, 1.54) is 42.8 Å². The number of hydrogen-bond donors (Lipinski definition) is 1. The Morgan fingerprint density at radius 2 is 1.80 bits per heavy atom. The number of ether oxygens (including phenoxy) is 2. The maximum absolute atomic E-state index is 13.2. The predicted molar refractivity (Wildman–Crippen MR) is 109 cm³/mol. The van der Waals surface area contributed by atoms with E-state index in [1.54, 1.807) is 18.2 Å². The number of carbonyl (C=O) groups is 1. The Morgan fingerprint density at radius 3 is 2.43 bits per heavy atom. The molecule has 0 aliphatic carbocycles. The second kappa shape index (κ2) is 9.44. The van der Waals surface area contributed by atoms with Crippen molar-refractivity contribution in [2.45, 2.75) is 24.3 Å². The Hall–Kier alpha value is -2.65. The maximum Gasteiger partial charge on any atom is 0.243 e. The summed E-state index contributed by atoms with van der Waals surface area (Å²) < 4.78 is 50.9. The molecule has 9 heteroatoms. The average molecular weight is 437 g/mol. The number of sulfonamides is 1. The normalized spacial score (nSPS) is 15.6. The van der Waals surface area contributed by atoms with Crippen molar-refractivity contribution in [3.05, 3.63) is 53.8 Å². The topological polar surface area (TPSA) is 84.9 Å². The van der Waals surface area contributed by atoms with Gasteiger partial charge in [0.05, 0.1) is 19.1 Å². The zero-order valence-corrected chi connectivity index (χ0v) is 17.7. The third kappa shape index (κ3) is 4.91. The summed E-state index contributed by atoms with van der Waals surface area (Å²) in [5.41, 5.74) is 0.678. The van der Waals surface area contributed by atoms with Crippen molar-refractivity contribution in [2.75, 3.05) is 27.3 Å². The van der Waals surface area contributed by atoms with Crippen LogP contribution in [0.15, 0.2) is 47.4 Å². The summed E-state index contributed by atoms with van der Waals surface area (Å²) in [6.07, 6.45) is 0.836. The van der Waals surface area contributed by atoms with Crippen LogP contribution in [0.4, 0.5) is 4.39 Å². The lowest BCUT2D eigenvalue weighted by atomic mass is 9.97. The van der Waals surface area contributed by atoms with Gasteiger partial charge in [-0.1, -0.05) is 12.1 Å². The Kier molecular flexibility index (Phi) is 6.94. The molecule has 1 saturated heterocycles. The van der Waals surface area contributed by atoms with Crippen molar-refractivity contribution in [1.29, 1.82) is 0 Å². The van der Waals surface area contributed by atoms with Crippen LogP contribution >= 0.6 is 0 Å². The summed E-state index contributed by atoms with van der Waals surface area (Å²) in [6, 6.07) is 10.5. The van der Waals surface area contributed by atoms with E-state index in [0.717, 1.165) is 0 Å². The lowest BCUT2D eigenvalue weighted by molar-refractivity contribution is -0.126. The third-order valence-electron chi connectivity index (χ3n) is 5.17. The molecule has 1 heterocycles. The maximum atomic E-state index is 13.2. The Morgan fingerprint density at radius 1 is 1.10 bits per heavy atom. The van der Waals surface area contributed by atoms with Gasteiger partial charge in [0, 0.05) is 31.6 Å². The van der Waals surface area contributed by atoms with E-state index in [2.05, 4.69) is 5.32 Å². The SMILES string of the molecule is COc1ccc(S(=O)(=O)N2CCC(C(=O)NCc3cccc(F)c3)CC2)cc1OC. The number of nitrogens with one attached hydrogen (secondary N) is 1. The lowest BCUT2D eigenvalue weighted by Crippen LogP contribution is -2.42. The number of halogens is 1. The van der Waals surface area contributed by atoms with Crippen LogP contribution < -0.4 is 14.8 Å². The minimum Gasteiger partial charge on any atom is -0.493 e. The van der Waals surface area contributed by atoms with Gasteiger partial charge in [-0.2, -0.15) is 4.31 Å². The van der Waals surface area contributed by atoms with Crippen LogP contribution in [-0.2, 0) is 21.4 Å². The molecule has 7 nitrogen and oxygen atoms in total. The predicted octanol–water partition coefficient (Wildman–Crippen LogP) is 2.56. The van der Waals surface area contributed by atoms with Crippen LogP contribution in [-0.4, -0.2) is 45.9 Å². The first-order chi connectivity index (χ1) is 14.3. The highest BCUT2D eigenvalue weighted by Crippen LogP contribution is 2.32. The highest BCUT2D eigenvalue weighted by atomic mass is 32.2. The van der Waals surface area contributed by atoms with Gasteiger partial charge >= 0.3 is 0 Å². The van der Waals surface area contributed by atoms with E-state index in [4.69, 9.17) is 9.47 Å². The molecule has 1 fully saturated rings. The fraction of sp³-hybridized carbons (Fsp3) is 0.381. The van der Waals surface area contributed by atoms with Crippen molar-refractivity contribution in [3.8, 4) is 11.5 Å². The number of hydrogen-bond acceptors (Lipinski definition) is 5. The zero-order valence-electron chi connectivity index (χ0n) is 16.9. The number of rotatable bonds is 7. The number of benzene rings is 2. The molecule has 2 aromatic rings. The Labute approximate surface area is 175 Å². The molecule has 0 saturated carbocycles. The molecule has 1 aliphatic rings. The Bertz CT molecular complexity index is 1000. The van der Waals surface area contributed by atoms with Crippen LogP contribution in [0, 0.1) is 11.7 Å². The Balaban J connectivity index is 1.59. The molecule has 0 spiro atoms. The van der Waals surface area contributed by atoms with Gasteiger partial charge in [-0.25, -0.2) is 12.8 Å². The first-order valence-corrected chi connectivity index (χ1v) is 11.0. The third-order valence-corrected chi connectivity index (χ3v) is 7.07. The first kappa shape index (κ1) is 22.0. The lowest BCUT2D eigenvalue weighted by Gasteiger charge is -2.30. The van der Waals surface area contributed by atoms with Gasteiger partial charge in [0.25, 0.3) is 0 Å². The van der Waals surface area contributed by atoms with Crippen LogP contribution in [0.3, 0.4) is 0 Å². The number of amides is 1. The van der Waals surface area contributed by atoms with Gasteiger partial charge in [0.15, 0.2) is 11.5 Å². The monoisotopic (exact) mass is 436 g/mol. The van der Waals surface area contributed by atoms with Crippen molar-refractivity contribution in [3.63, 3.8) is 0 Å². The number of carbonyl (C=O) groups excluding carboxylic acids is 1. The highest BCUT2D eigenvalue weighted by Gasteiger charge is 2.32. The summed E-state index contributed by atoms with van der Waals surface area (Å²) >= 11 is 0. The first-order valence-electron chi connectivity index (χ1n) is 9.59. The molecule has 2 aromatic carbocycles. The zero-order chi connectivity index (χ0) is 21.7. The van der Waals surface area contributed by atoms with Crippen LogP contribution in [0.25, 0.3) is 0 Å². The van der Waals surface area contributed by atoms with E-state index >= 15 is 0 Å². The quantitative estimate of drug-likeness (QED) is 0.721. The summed E-state index contributed by atoms with van der Waals surface area (Å²) in [5.74, 6) is 0.00331. The summed E-state index contributed by atoms with van der Waals surface area (Å²) in [7, 11) is -0.775. The molecule has 0 bridgehead atoms. The van der Waals surface area contributed by atoms with Gasteiger partial charge in [-0.05, 0) is 42.7 Å². The average Bonchev–Trinajstić information content (AvgIpc) is 2.77.